The summed E-state index contributed by atoms with van der Waals surface area (Å²) in [7, 11) is 0. The van der Waals surface area contributed by atoms with Crippen molar-refractivity contribution in [3.8, 4) is 11.3 Å². The molecule has 6 nitrogen and oxygen atoms in total. The van der Waals surface area contributed by atoms with Crippen LogP contribution in [0.15, 0.2) is 30.5 Å². The van der Waals surface area contributed by atoms with Gasteiger partial charge in [0.1, 0.15) is 0 Å². The van der Waals surface area contributed by atoms with Gasteiger partial charge in [0.15, 0.2) is 0 Å². The Balaban J connectivity index is 1.62. The molecule has 2 unspecified atom stereocenters. The molecule has 0 radical (unpaired) electrons. The lowest BCUT2D eigenvalue weighted by molar-refractivity contribution is -0.114. The van der Waals surface area contributed by atoms with Crippen molar-refractivity contribution in [1.82, 2.24) is 19.6 Å². The molecule has 2 aliphatic carbocycles. The quantitative estimate of drug-likeness (QED) is 0.751. The van der Waals surface area contributed by atoms with Gasteiger partial charge in [-0.1, -0.05) is 32.9 Å². The Morgan fingerprint density at radius 3 is 2.63 bits per heavy atom. The van der Waals surface area contributed by atoms with E-state index < -0.39 is 0 Å². The van der Waals surface area contributed by atoms with E-state index in [1.54, 1.807) is 0 Å². The first kappa shape index (κ1) is 16.4. The van der Waals surface area contributed by atoms with Crippen molar-refractivity contribution >= 4 is 17.4 Å². The molecule has 1 aromatic carbocycles. The van der Waals surface area contributed by atoms with Crippen LogP contribution in [-0.2, 0) is 10.2 Å². The number of amides is 1. The van der Waals surface area contributed by atoms with Gasteiger partial charge in [-0.05, 0) is 30.4 Å². The van der Waals surface area contributed by atoms with Gasteiger partial charge in [-0.25, -0.2) is 4.98 Å². The number of rotatable bonds is 2. The van der Waals surface area contributed by atoms with E-state index in [-0.39, 0.29) is 16.7 Å². The van der Waals surface area contributed by atoms with Gasteiger partial charge in [0, 0.05) is 35.7 Å². The van der Waals surface area contributed by atoms with Gasteiger partial charge >= 0.3 is 0 Å². The summed E-state index contributed by atoms with van der Waals surface area (Å²) in [6.45, 7) is 8.58. The highest BCUT2D eigenvalue weighted by atomic mass is 16.1. The van der Waals surface area contributed by atoms with Gasteiger partial charge in [-0.2, -0.15) is 0 Å². The molecule has 1 N–H and O–H groups in total. The number of nitrogens with one attached hydrogen (secondary N) is 1. The average molecular weight is 361 g/mol. The van der Waals surface area contributed by atoms with E-state index in [9.17, 15) is 4.79 Å². The predicted octanol–water partition coefficient (Wildman–Crippen LogP) is 3.92. The van der Waals surface area contributed by atoms with Crippen molar-refractivity contribution in [3.63, 3.8) is 0 Å². The number of hydrogen-bond donors (Lipinski definition) is 1. The van der Waals surface area contributed by atoms with Crippen LogP contribution in [0.2, 0.25) is 0 Å². The monoisotopic (exact) mass is 361 g/mol. The van der Waals surface area contributed by atoms with Crippen LogP contribution in [0, 0.1) is 5.41 Å². The number of anilines is 1. The Labute approximate surface area is 158 Å². The highest BCUT2D eigenvalue weighted by Crippen LogP contribution is 2.66. The number of nitrogens with zero attached hydrogens (tertiary/aromatic N) is 4. The predicted molar refractivity (Wildman–Crippen MR) is 104 cm³/mol. The molecule has 138 valence electrons. The Morgan fingerprint density at radius 1 is 1.19 bits per heavy atom. The topological polar surface area (TPSA) is 72.2 Å². The lowest BCUT2D eigenvalue weighted by atomic mass is 9.70. The second kappa shape index (κ2) is 5.15. The highest BCUT2D eigenvalue weighted by molar-refractivity contribution is 5.88. The number of imidazole rings is 1. The summed E-state index contributed by atoms with van der Waals surface area (Å²) in [6, 6.07) is 7.73. The molecule has 2 bridgehead atoms. The minimum absolute atomic E-state index is 0.0766. The Hall–Kier alpha value is -2.76. The Bertz CT molecular complexity index is 1080. The largest absolute Gasteiger partial charge is 0.326 e. The van der Waals surface area contributed by atoms with E-state index in [0.717, 1.165) is 22.6 Å². The molecule has 2 atom stereocenters. The molecule has 0 saturated heterocycles. The normalized spacial score (nSPS) is 25.0. The molecule has 0 aliphatic heterocycles. The average Bonchev–Trinajstić information content (AvgIpc) is 3.19. The number of hydrogen-bond acceptors (Lipinski definition) is 4. The summed E-state index contributed by atoms with van der Waals surface area (Å²) in [4.78, 5) is 15.9. The van der Waals surface area contributed by atoms with Crippen LogP contribution >= 0.6 is 0 Å². The van der Waals surface area contributed by atoms with E-state index in [0.29, 0.717) is 11.7 Å². The smallest absolute Gasteiger partial charge is 0.254 e. The van der Waals surface area contributed by atoms with Crippen LogP contribution in [0.25, 0.3) is 17.0 Å². The molecular weight excluding hydrogens is 338 g/mol. The summed E-state index contributed by atoms with van der Waals surface area (Å²) < 4.78 is 2.15. The van der Waals surface area contributed by atoms with Crippen LogP contribution in [0.5, 0.6) is 0 Å². The van der Waals surface area contributed by atoms with Crippen molar-refractivity contribution in [2.75, 3.05) is 5.32 Å². The van der Waals surface area contributed by atoms with Gasteiger partial charge in [-0.3, -0.25) is 9.20 Å². The second-order valence-electron chi connectivity index (χ2n) is 8.63. The van der Waals surface area contributed by atoms with Crippen molar-refractivity contribution in [1.29, 1.82) is 0 Å². The molecule has 2 heterocycles. The molecule has 6 heteroatoms. The summed E-state index contributed by atoms with van der Waals surface area (Å²) in [6.07, 6.45) is 4.44. The number of aromatic nitrogens is 4. The first-order valence-corrected chi connectivity index (χ1v) is 9.45. The minimum atomic E-state index is -0.0766. The van der Waals surface area contributed by atoms with E-state index in [1.807, 2.05) is 24.3 Å². The summed E-state index contributed by atoms with van der Waals surface area (Å²) >= 11 is 0. The molecule has 5 rings (SSSR count). The first-order valence-electron chi connectivity index (χ1n) is 9.45. The number of carbonyl (C=O) groups excluding carboxylic acids is 1. The third kappa shape index (κ3) is 2.07. The molecule has 1 fully saturated rings. The standard InChI is InChI=1S/C21H23N5O/c1-12(27)22-14-7-5-13(6-8-14)16-11-26-18-17(24-25-19(26)23-16)15-9-10-21(18,4)20(15,2)3/h5-8,11,15H,9-10H2,1-4H3,(H,22,27). The summed E-state index contributed by atoms with van der Waals surface area (Å²) in [5, 5.41) is 11.8. The minimum Gasteiger partial charge on any atom is -0.326 e. The third-order valence-electron chi connectivity index (χ3n) is 7.00. The SMILES string of the molecule is CC(=O)Nc1ccc(-c2cn3c4c(nnc3n2)C2CCC4(C)C2(C)C)cc1. The van der Waals surface area contributed by atoms with E-state index in [2.05, 4.69) is 46.9 Å². The van der Waals surface area contributed by atoms with Crippen LogP contribution in [0.3, 0.4) is 0 Å². The molecular formula is C21H23N5O. The van der Waals surface area contributed by atoms with Crippen LogP contribution < -0.4 is 5.32 Å². The fraction of sp³-hybridized carbons (Fsp3) is 0.429. The van der Waals surface area contributed by atoms with Gasteiger partial charge < -0.3 is 5.32 Å². The maximum atomic E-state index is 11.2. The molecule has 2 aromatic heterocycles. The molecule has 1 amide bonds. The van der Waals surface area contributed by atoms with E-state index >= 15 is 0 Å². The fourth-order valence-electron chi connectivity index (χ4n) is 5.13. The second-order valence-corrected chi connectivity index (χ2v) is 8.63. The maximum Gasteiger partial charge on any atom is 0.254 e. The zero-order valence-electron chi connectivity index (χ0n) is 16.1. The third-order valence-corrected chi connectivity index (χ3v) is 7.00. The van der Waals surface area contributed by atoms with Gasteiger partial charge in [0.25, 0.3) is 5.78 Å². The Morgan fingerprint density at radius 2 is 1.93 bits per heavy atom. The molecule has 2 aliphatic rings. The van der Waals surface area contributed by atoms with Gasteiger partial charge in [0.2, 0.25) is 5.91 Å². The summed E-state index contributed by atoms with van der Waals surface area (Å²) in [5.74, 6) is 1.05. The molecule has 3 aromatic rings. The number of carbonyl (C=O) groups is 1. The van der Waals surface area contributed by atoms with Crippen LogP contribution in [0.1, 0.15) is 57.8 Å². The fourth-order valence-corrected chi connectivity index (χ4v) is 5.13. The first-order chi connectivity index (χ1) is 12.8. The maximum absolute atomic E-state index is 11.2. The lowest BCUT2D eigenvalue weighted by Crippen LogP contribution is -2.32. The van der Waals surface area contributed by atoms with E-state index in [4.69, 9.17) is 4.98 Å². The van der Waals surface area contributed by atoms with Crippen molar-refractivity contribution in [2.24, 2.45) is 5.41 Å². The van der Waals surface area contributed by atoms with E-state index in [1.165, 1.54) is 25.5 Å². The van der Waals surface area contributed by atoms with Crippen molar-refractivity contribution in [2.45, 2.75) is 51.9 Å². The van der Waals surface area contributed by atoms with Crippen molar-refractivity contribution in [3.05, 3.63) is 41.9 Å². The molecule has 1 saturated carbocycles. The van der Waals surface area contributed by atoms with Crippen LogP contribution in [0.4, 0.5) is 5.69 Å². The molecule has 27 heavy (non-hydrogen) atoms. The number of fused-ring (bicyclic) bond motifs is 7. The lowest BCUT2D eigenvalue weighted by Gasteiger charge is -2.34. The zero-order valence-corrected chi connectivity index (χ0v) is 16.1. The highest BCUT2D eigenvalue weighted by Gasteiger charge is 2.61. The van der Waals surface area contributed by atoms with Gasteiger partial charge in [-0.15, -0.1) is 10.2 Å². The van der Waals surface area contributed by atoms with Crippen molar-refractivity contribution < 1.29 is 4.79 Å². The zero-order chi connectivity index (χ0) is 19.0. The van der Waals surface area contributed by atoms with Crippen LogP contribution in [-0.4, -0.2) is 25.5 Å². The Kier molecular flexibility index (Phi) is 3.13. The van der Waals surface area contributed by atoms with Gasteiger partial charge in [0.05, 0.1) is 17.1 Å². The molecule has 0 spiro atoms. The number of benzene rings is 1. The summed E-state index contributed by atoms with van der Waals surface area (Å²) in [5.41, 5.74) is 5.35.